The summed E-state index contributed by atoms with van der Waals surface area (Å²) in [7, 11) is 1.22. The lowest BCUT2D eigenvalue weighted by Crippen LogP contribution is -2.39. The Morgan fingerprint density at radius 1 is 0.979 bits per heavy atom. The molecule has 0 amide bonds. The maximum Gasteiger partial charge on any atom is 0.341 e. The fourth-order valence-corrected chi connectivity index (χ4v) is 6.60. The first kappa shape index (κ1) is 36.6. The summed E-state index contributed by atoms with van der Waals surface area (Å²) in [5, 5.41) is 32.9. The van der Waals surface area contributed by atoms with Gasteiger partial charge in [0.05, 0.1) is 51.2 Å². The molecule has 0 spiro atoms. The third-order valence-electron chi connectivity index (χ3n) is 9.28. The van der Waals surface area contributed by atoms with Crippen molar-refractivity contribution in [2.24, 2.45) is 11.8 Å². The Bertz CT molecular complexity index is 1290. The second-order valence-corrected chi connectivity index (χ2v) is 12.5. The number of cyclic esters (lactones) is 1. The molecule has 1 fully saturated rings. The van der Waals surface area contributed by atoms with Gasteiger partial charge >= 0.3 is 17.9 Å². The minimum Gasteiger partial charge on any atom is -0.507 e. The average molecular weight is 659 g/mol. The molecule has 11 heteroatoms. The van der Waals surface area contributed by atoms with Crippen LogP contribution in [0, 0.1) is 11.8 Å². The number of phenolic OH excluding ortho intramolecular Hbond substituents is 1. The molecule has 47 heavy (non-hydrogen) atoms. The molecule has 0 aliphatic carbocycles. The number of carbonyl (C=O) groups excluding carboxylic acids is 3. The first-order valence-corrected chi connectivity index (χ1v) is 16.9. The third-order valence-corrected chi connectivity index (χ3v) is 9.28. The number of hydrogen-bond acceptors (Lipinski definition) is 11. The largest absolute Gasteiger partial charge is 0.507 e. The van der Waals surface area contributed by atoms with Gasteiger partial charge in [0.1, 0.15) is 17.4 Å². The van der Waals surface area contributed by atoms with Gasteiger partial charge in [0.15, 0.2) is 6.10 Å². The number of fused-ring (bicyclic) bond motifs is 2. The smallest absolute Gasteiger partial charge is 0.341 e. The van der Waals surface area contributed by atoms with Gasteiger partial charge in [-0.05, 0) is 75.5 Å². The van der Waals surface area contributed by atoms with Gasteiger partial charge in [-0.1, -0.05) is 37.6 Å². The Kier molecular flexibility index (Phi) is 13.8. The van der Waals surface area contributed by atoms with E-state index in [9.17, 15) is 29.7 Å². The van der Waals surface area contributed by atoms with E-state index >= 15 is 0 Å². The third kappa shape index (κ3) is 9.65. The topological polar surface area (TPSA) is 158 Å². The van der Waals surface area contributed by atoms with E-state index in [0.717, 1.165) is 11.1 Å². The second-order valence-electron chi connectivity index (χ2n) is 12.5. The van der Waals surface area contributed by atoms with Gasteiger partial charge in [-0.2, -0.15) is 0 Å². The summed E-state index contributed by atoms with van der Waals surface area (Å²) in [5.74, 6) is -2.40. The number of esters is 3. The fraction of sp³-hybridized carbons (Fsp3) is 0.639. The monoisotopic (exact) mass is 658 g/mol. The number of para-hydroxylation sites is 1. The zero-order valence-corrected chi connectivity index (χ0v) is 27.7. The molecule has 0 bridgehead atoms. The van der Waals surface area contributed by atoms with Crippen molar-refractivity contribution < 1.29 is 53.4 Å². The van der Waals surface area contributed by atoms with Crippen molar-refractivity contribution >= 4 is 17.9 Å². The molecule has 0 radical (unpaired) electrons. The van der Waals surface area contributed by atoms with Crippen molar-refractivity contribution in [2.75, 3.05) is 26.9 Å². The molecule has 11 nitrogen and oxygen atoms in total. The highest BCUT2D eigenvalue weighted by Crippen LogP contribution is 2.43. The first-order valence-electron chi connectivity index (χ1n) is 16.9. The minimum absolute atomic E-state index is 0.0309. The van der Waals surface area contributed by atoms with Crippen LogP contribution in [0.2, 0.25) is 0 Å². The molecule has 7 atom stereocenters. The summed E-state index contributed by atoms with van der Waals surface area (Å²) < 4.78 is 28.6. The van der Waals surface area contributed by atoms with E-state index < -0.39 is 42.3 Å². The quantitative estimate of drug-likeness (QED) is 0.293. The van der Waals surface area contributed by atoms with E-state index in [4.69, 9.17) is 23.7 Å². The lowest BCUT2D eigenvalue weighted by Gasteiger charge is -2.37. The van der Waals surface area contributed by atoms with Gasteiger partial charge in [0, 0.05) is 17.9 Å². The standard InChI is InChI=1S/C36H50O11/c1-4-22-13-15-25(37)17-18-26(38)16-14-23(35(41)45-5-2)9-6-7-12-31(39)47-33(27-10-8-11-28(32(27)40)36(42)43-3)34-29(22)19-24-20-44-21-30(24)46-34/h8,10-11,13,19,23-26,30,33-34,37-38,40H,4-7,9,12,14-18,20-21H2,1-3H3/b22-13-. The number of phenols is 1. The van der Waals surface area contributed by atoms with E-state index in [-0.39, 0.29) is 47.9 Å². The van der Waals surface area contributed by atoms with Crippen molar-refractivity contribution in [2.45, 2.75) is 109 Å². The second kappa shape index (κ2) is 17.8. The minimum atomic E-state index is -1.12. The van der Waals surface area contributed by atoms with Crippen LogP contribution in [-0.4, -0.2) is 84.6 Å². The van der Waals surface area contributed by atoms with Crippen molar-refractivity contribution in [3.63, 3.8) is 0 Å². The summed E-state index contributed by atoms with van der Waals surface area (Å²) in [5.41, 5.74) is 1.79. The van der Waals surface area contributed by atoms with E-state index in [1.165, 1.54) is 13.2 Å². The highest BCUT2D eigenvalue weighted by molar-refractivity contribution is 5.92. The van der Waals surface area contributed by atoms with Gasteiger partial charge in [0.25, 0.3) is 0 Å². The van der Waals surface area contributed by atoms with E-state index in [0.29, 0.717) is 71.0 Å². The predicted octanol–water partition coefficient (Wildman–Crippen LogP) is 4.87. The summed E-state index contributed by atoms with van der Waals surface area (Å²) in [6, 6.07) is 4.63. The normalized spacial score (nSPS) is 30.9. The highest BCUT2D eigenvalue weighted by Gasteiger charge is 2.43. The molecular weight excluding hydrogens is 608 g/mol. The Morgan fingerprint density at radius 2 is 1.74 bits per heavy atom. The molecule has 260 valence electrons. The predicted molar refractivity (Wildman–Crippen MR) is 171 cm³/mol. The van der Waals surface area contributed by atoms with Crippen LogP contribution in [0.3, 0.4) is 0 Å². The van der Waals surface area contributed by atoms with Crippen molar-refractivity contribution in [3.05, 3.63) is 52.6 Å². The van der Waals surface area contributed by atoms with Gasteiger partial charge in [-0.3, -0.25) is 9.59 Å². The molecule has 3 aliphatic heterocycles. The van der Waals surface area contributed by atoms with Crippen LogP contribution in [0.25, 0.3) is 0 Å². The number of carbonyl (C=O) groups is 3. The number of methoxy groups -OCH3 is 1. The Labute approximate surface area is 276 Å². The molecule has 3 aliphatic rings. The maximum atomic E-state index is 13.5. The molecule has 4 rings (SSSR count). The Balaban J connectivity index is 1.73. The van der Waals surface area contributed by atoms with Gasteiger partial charge < -0.3 is 39.0 Å². The summed E-state index contributed by atoms with van der Waals surface area (Å²) in [4.78, 5) is 38.7. The number of benzene rings is 1. The first-order chi connectivity index (χ1) is 22.7. The average Bonchev–Trinajstić information content (AvgIpc) is 3.53. The van der Waals surface area contributed by atoms with Gasteiger partial charge in [-0.25, -0.2) is 4.79 Å². The summed E-state index contributed by atoms with van der Waals surface area (Å²) in [6.45, 7) is 4.82. The fourth-order valence-electron chi connectivity index (χ4n) is 6.60. The maximum absolute atomic E-state index is 13.5. The zero-order chi connectivity index (χ0) is 33.9. The van der Waals surface area contributed by atoms with Crippen LogP contribution in [-0.2, 0) is 33.3 Å². The Morgan fingerprint density at radius 3 is 2.49 bits per heavy atom. The highest BCUT2D eigenvalue weighted by atomic mass is 16.6. The van der Waals surface area contributed by atoms with Gasteiger partial charge in [-0.15, -0.1) is 0 Å². The lowest BCUT2D eigenvalue weighted by molar-refractivity contribution is -0.161. The SMILES string of the molecule is CCOC(=O)C1CCCCC(=O)OC(c2cccc(C(=O)OC)c2O)C2OC3COCC3C=C2/C(CC)=C\CC(O)CCC(O)CC1. The van der Waals surface area contributed by atoms with Crippen LogP contribution >= 0.6 is 0 Å². The van der Waals surface area contributed by atoms with Crippen molar-refractivity contribution in [1.29, 1.82) is 0 Å². The molecule has 0 saturated carbocycles. The summed E-state index contributed by atoms with van der Waals surface area (Å²) >= 11 is 0. The van der Waals surface area contributed by atoms with E-state index in [2.05, 4.69) is 6.08 Å². The van der Waals surface area contributed by atoms with Crippen LogP contribution < -0.4 is 0 Å². The molecule has 1 saturated heterocycles. The lowest BCUT2D eigenvalue weighted by atomic mass is 9.84. The number of ether oxygens (including phenoxy) is 5. The van der Waals surface area contributed by atoms with Crippen molar-refractivity contribution in [3.8, 4) is 5.75 Å². The number of aromatic hydroxyl groups is 1. The van der Waals surface area contributed by atoms with Crippen molar-refractivity contribution in [1.82, 2.24) is 0 Å². The van der Waals surface area contributed by atoms with Crippen LogP contribution in [0.5, 0.6) is 5.75 Å². The molecular formula is C36H50O11. The van der Waals surface area contributed by atoms with Crippen LogP contribution in [0.4, 0.5) is 0 Å². The van der Waals surface area contributed by atoms with Crippen LogP contribution in [0.1, 0.15) is 100 Å². The van der Waals surface area contributed by atoms with E-state index in [1.54, 1.807) is 19.1 Å². The number of aliphatic hydroxyl groups excluding tert-OH is 2. The van der Waals surface area contributed by atoms with E-state index in [1.807, 2.05) is 13.0 Å². The number of aliphatic hydroxyl groups is 2. The summed E-state index contributed by atoms with van der Waals surface area (Å²) in [6.07, 6.45) is 4.43. The zero-order valence-electron chi connectivity index (χ0n) is 27.7. The molecule has 7 unspecified atom stereocenters. The number of hydrogen-bond donors (Lipinski definition) is 3. The van der Waals surface area contributed by atoms with Crippen LogP contribution in [0.15, 0.2) is 41.5 Å². The molecule has 1 aromatic rings. The van der Waals surface area contributed by atoms with Gasteiger partial charge in [0.2, 0.25) is 0 Å². The molecule has 3 heterocycles. The molecule has 3 N–H and O–H groups in total. The number of rotatable bonds is 5. The Hall–Kier alpha value is -3.25. The molecule has 0 aromatic heterocycles. The molecule has 1 aromatic carbocycles.